The van der Waals surface area contributed by atoms with Gasteiger partial charge in [-0.3, -0.25) is 4.79 Å². The van der Waals surface area contributed by atoms with Crippen LogP contribution in [-0.2, 0) is 17.8 Å². The second-order valence-corrected chi connectivity index (χ2v) is 8.06. The third kappa shape index (κ3) is 6.69. The number of para-hydroxylation sites is 1. The lowest BCUT2D eigenvalue weighted by Gasteiger charge is -2.24. The van der Waals surface area contributed by atoms with E-state index in [1.165, 1.54) is 0 Å². The van der Waals surface area contributed by atoms with Crippen LogP contribution in [0.1, 0.15) is 47.7 Å². The number of hydrogen-bond donors (Lipinski definition) is 1. The molecule has 1 N–H and O–H groups in total. The fraction of sp³-hybridized carbons (Fsp3) is 0.286. The molecule has 33 heavy (non-hydrogen) atoms. The van der Waals surface area contributed by atoms with Crippen LogP contribution in [-0.4, -0.2) is 35.5 Å². The van der Waals surface area contributed by atoms with Gasteiger partial charge in [-0.1, -0.05) is 67.9 Å². The Morgan fingerprint density at radius 3 is 2.15 bits per heavy atom. The Balaban J connectivity index is 1.71. The number of methoxy groups -OCH3 is 1. The van der Waals surface area contributed by atoms with Gasteiger partial charge < -0.3 is 14.7 Å². The number of carbonyl (C=O) groups is 2. The summed E-state index contributed by atoms with van der Waals surface area (Å²) >= 11 is 0. The SMILES string of the molecule is CCCCC(=O)N(CCc1ccccc1OC)Cc1ccc(-c2ccc(C(=O)O)cc2)cc1. The molecule has 0 atom stereocenters. The number of amides is 1. The highest BCUT2D eigenvalue weighted by molar-refractivity contribution is 5.88. The zero-order valence-electron chi connectivity index (χ0n) is 19.3. The fourth-order valence-electron chi connectivity index (χ4n) is 3.77. The number of rotatable bonds is 11. The Hall–Kier alpha value is -3.60. The molecule has 0 radical (unpaired) electrons. The maximum Gasteiger partial charge on any atom is 0.335 e. The third-order valence-corrected chi connectivity index (χ3v) is 5.73. The molecule has 0 aromatic heterocycles. The van der Waals surface area contributed by atoms with E-state index in [4.69, 9.17) is 9.84 Å². The third-order valence-electron chi connectivity index (χ3n) is 5.73. The molecular weight excluding hydrogens is 414 g/mol. The molecule has 172 valence electrons. The number of ether oxygens (including phenoxy) is 1. The molecule has 3 aromatic carbocycles. The number of carboxylic acid groups (broad SMARTS) is 1. The number of nitrogens with zero attached hydrogens (tertiary/aromatic N) is 1. The average molecular weight is 446 g/mol. The highest BCUT2D eigenvalue weighted by Crippen LogP contribution is 2.22. The minimum Gasteiger partial charge on any atom is -0.496 e. The van der Waals surface area contributed by atoms with Crippen molar-refractivity contribution in [1.29, 1.82) is 0 Å². The lowest BCUT2D eigenvalue weighted by molar-refractivity contribution is -0.131. The van der Waals surface area contributed by atoms with Crippen LogP contribution in [0.5, 0.6) is 5.75 Å². The topological polar surface area (TPSA) is 66.8 Å². The second-order valence-electron chi connectivity index (χ2n) is 8.06. The standard InChI is InChI=1S/C28H31NO4/c1-3-4-9-27(30)29(19-18-24-7-5-6-8-26(24)33-2)20-21-10-12-22(13-11-21)23-14-16-25(17-15-23)28(31)32/h5-8,10-17H,3-4,9,18-20H2,1-2H3,(H,31,32). The smallest absolute Gasteiger partial charge is 0.335 e. The molecule has 0 heterocycles. The zero-order chi connectivity index (χ0) is 23.6. The summed E-state index contributed by atoms with van der Waals surface area (Å²) in [5, 5.41) is 9.07. The van der Waals surface area contributed by atoms with Crippen LogP contribution in [0.4, 0.5) is 0 Å². The predicted molar refractivity (Wildman–Crippen MR) is 130 cm³/mol. The lowest BCUT2D eigenvalue weighted by atomic mass is 10.0. The summed E-state index contributed by atoms with van der Waals surface area (Å²) in [6, 6.07) is 22.9. The highest BCUT2D eigenvalue weighted by atomic mass is 16.5. The Labute approximate surface area is 195 Å². The largest absolute Gasteiger partial charge is 0.496 e. The van der Waals surface area contributed by atoms with E-state index in [-0.39, 0.29) is 11.5 Å². The van der Waals surface area contributed by atoms with Crippen molar-refractivity contribution in [3.05, 3.63) is 89.5 Å². The van der Waals surface area contributed by atoms with Gasteiger partial charge in [-0.15, -0.1) is 0 Å². The van der Waals surface area contributed by atoms with Crippen LogP contribution in [0.3, 0.4) is 0 Å². The van der Waals surface area contributed by atoms with Crippen molar-refractivity contribution in [3.8, 4) is 16.9 Å². The molecule has 0 bridgehead atoms. The first kappa shape index (κ1) is 24.1. The molecule has 0 saturated carbocycles. The van der Waals surface area contributed by atoms with Gasteiger partial charge in [-0.25, -0.2) is 4.79 Å². The zero-order valence-corrected chi connectivity index (χ0v) is 19.3. The molecule has 1 amide bonds. The molecule has 0 fully saturated rings. The van der Waals surface area contributed by atoms with Gasteiger partial charge in [-0.05, 0) is 53.3 Å². The number of unbranched alkanes of at least 4 members (excludes halogenated alkanes) is 1. The normalized spacial score (nSPS) is 10.6. The summed E-state index contributed by atoms with van der Waals surface area (Å²) < 4.78 is 5.46. The lowest BCUT2D eigenvalue weighted by Crippen LogP contribution is -2.32. The van der Waals surface area contributed by atoms with E-state index < -0.39 is 5.97 Å². The van der Waals surface area contributed by atoms with Gasteiger partial charge in [0, 0.05) is 19.5 Å². The summed E-state index contributed by atoms with van der Waals surface area (Å²) in [5.74, 6) is 0.0784. The molecule has 3 aromatic rings. The van der Waals surface area contributed by atoms with Gasteiger partial charge in [0.1, 0.15) is 5.75 Å². The molecule has 0 aliphatic heterocycles. The number of aromatic carboxylic acids is 1. The number of carboxylic acids is 1. The maximum absolute atomic E-state index is 12.9. The quantitative estimate of drug-likeness (QED) is 0.404. The van der Waals surface area contributed by atoms with Gasteiger partial charge in [-0.2, -0.15) is 0 Å². The molecule has 0 saturated heterocycles. The Morgan fingerprint density at radius 1 is 0.909 bits per heavy atom. The Morgan fingerprint density at radius 2 is 1.55 bits per heavy atom. The van der Waals surface area contributed by atoms with Crippen molar-refractivity contribution in [2.24, 2.45) is 0 Å². The van der Waals surface area contributed by atoms with Crippen molar-refractivity contribution in [1.82, 2.24) is 4.90 Å². The molecule has 5 nitrogen and oxygen atoms in total. The van der Waals surface area contributed by atoms with E-state index in [2.05, 4.69) is 6.92 Å². The second kappa shape index (κ2) is 11.9. The Kier molecular flexibility index (Phi) is 8.64. The summed E-state index contributed by atoms with van der Waals surface area (Å²) in [5.41, 5.74) is 4.39. The van der Waals surface area contributed by atoms with E-state index in [9.17, 15) is 9.59 Å². The number of carbonyl (C=O) groups excluding carboxylic acids is 1. The van der Waals surface area contributed by atoms with Gasteiger partial charge in [0.2, 0.25) is 5.91 Å². The first-order valence-electron chi connectivity index (χ1n) is 11.3. The molecule has 0 unspecified atom stereocenters. The molecule has 3 rings (SSSR count). The van der Waals surface area contributed by atoms with Crippen LogP contribution in [0, 0.1) is 0 Å². The van der Waals surface area contributed by atoms with Gasteiger partial charge in [0.05, 0.1) is 12.7 Å². The van der Waals surface area contributed by atoms with E-state index in [1.54, 1.807) is 19.2 Å². The summed E-state index contributed by atoms with van der Waals surface area (Å²) in [4.78, 5) is 25.9. The summed E-state index contributed by atoms with van der Waals surface area (Å²) in [6.07, 6.45) is 3.16. The molecule has 5 heteroatoms. The van der Waals surface area contributed by atoms with Crippen LogP contribution in [0.2, 0.25) is 0 Å². The van der Waals surface area contributed by atoms with Gasteiger partial charge in [0.15, 0.2) is 0 Å². The van der Waals surface area contributed by atoms with Crippen molar-refractivity contribution in [2.75, 3.05) is 13.7 Å². The fourth-order valence-corrected chi connectivity index (χ4v) is 3.77. The van der Waals surface area contributed by atoms with Gasteiger partial charge in [0.25, 0.3) is 0 Å². The van der Waals surface area contributed by atoms with Gasteiger partial charge >= 0.3 is 5.97 Å². The average Bonchev–Trinajstić information content (AvgIpc) is 2.85. The summed E-state index contributed by atoms with van der Waals surface area (Å²) in [7, 11) is 1.67. The molecular formula is C28H31NO4. The minimum atomic E-state index is -0.933. The van der Waals surface area contributed by atoms with Crippen LogP contribution in [0.15, 0.2) is 72.8 Å². The van der Waals surface area contributed by atoms with E-state index in [1.807, 2.05) is 65.6 Å². The predicted octanol–water partition coefficient (Wildman–Crippen LogP) is 5.82. The van der Waals surface area contributed by atoms with Crippen molar-refractivity contribution >= 4 is 11.9 Å². The monoisotopic (exact) mass is 445 g/mol. The van der Waals surface area contributed by atoms with Crippen LogP contribution in [0.25, 0.3) is 11.1 Å². The van der Waals surface area contributed by atoms with Crippen LogP contribution >= 0.6 is 0 Å². The minimum absolute atomic E-state index is 0.167. The molecule has 0 aliphatic rings. The van der Waals surface area contributed by atoms with E-state index >= 15 is 0 Å². The molecule has 0 aliphatic carbocycles. The number of hydrogen-bond acceptors (Lipinski definition) is 3. The van der Waals surface area contributed by atoms with Crippen molar-refractivity contribution in [3.63, 3.8) is 0 Å². The Bertz CT molecular complexity index is 1060. The van der Waals surface area contributed by atoms with Crippen LogP contribution < -0.4 is 4.74 Å². The summed E-state index contributed by atoms with van der Waals surface area (Å²) in [6.45, 7) is 3.27. The van der Waals surface area contributed by atoms with Crippen molar-refractivity contribution in [2.45, 2.75) is 39.2 Å². The van der Waals surface area contributed by atoms with Crippen molar-refractivity contribution < 1.29 is 19.4 Å². The highest BCUT2D eigenvalue weighted by Gasteiger charge is 2.15. The first-order valence-corrected chi connectivity index (χ1v) is 11.3. The number of benzene rings is 3. The molecule has 0 spiro atoms. The van der Waals surface area contributed by atoms with E-state index in [0.717, 1.165) is 47.3 Å². The maximum atomic E-state index is 12.9. The van der Waals surface area contributed by atoms with E-state index in [0.29, 0.717) is 19.5 Å². The first-order chi connectivity index (χ1) is 16.0.